The van der Waals surface area contributed by atoms with Gasteiger partial charge in [0.05, 0.1) is 6.42 Å². The van der Waals surface area contributed by atoms with E-state index >= 15 is 0 Å². The number of hydrogen-bond donors (Lipinski definition) is 1. The van der Waals surface area contributed by atoms with E-state index in [4.69, 9.17) is 5.73 Å². The fourth-order valence-corrected chi connectivity index (χ4v) is 1.08. The van der Waals surface area contributed by atoms with Crippen molar-refractivity contribution in [2.45, 2.75) is 18.6 Å². The van der Waals surface area contributed by atoms with E-state index < -0.39 is 12.6 Å². The van der Waals surface area contributed by atoms with Crippen molar-refractivity contribution in [2.75, 3.05) is 19.6 Å². The standard InChI is InChI=1S/C6H11F3N2/c7-6(8,9)1-2-11-3-5(10)4-11/h5H,1-4,10H2. The smallest absolute Gasteiger partial charge is 0.325 e. The monoisotopic (exact) mass is 168 g/mol. The zero-order chi connectivity index (χ0) is 8.48. The summed E-state index contributed by atoms with van der Waals surface area (Å²) in [6.45, 7) is 1.31. The molecular formula is C6H11F3N2. The lowest BCUT2D eigenvalue weighted by Gasteiger charge is -2.36. The molecule has 0 aromatic carbocycles. The van der Waals surface area contributed by atoms with E-state index in [0.717, 1.165) is 0 Å². The molecule has 0 aromatic rings. The Bertz CT molecular complexity index is 128. The molecule has 0 spiro atoms. The van der Waals surface area contributed by atoms with E-state index in [-0.39, 0.29) is 12.6 Å². The van der Waals surface area contributed by atoms with Crippen LogP contribution in [0.3, 0.4) is 0 Å². The number of nitrogens with two attached hydrogens (primary N) is 1. The summed E-state index contributed by atoms with van der Waals surface area (Å²) in [5.41, 5.74) is 5.39. The lowest BCUT2D eigenvalue weighted by molar-refractivity contribution is -0.140. The van der Waals surface area contributed by atoms with Gasteiger partial charge in [0.15, 0.2) is 0 Å². The van der Waals surface area contributed by atoms with Crippen molar-refractivity contribution in [3.63, 3.8) is 0 Å². The topological polar surface area (TPSA) is 29.3 Å². The fourth-order valence-electron chi connectivity index (χ4n) is 1.08. The molecule has 11 heavy (non-hydrogen) atoms. The first kappa shape index (κ1) is 8.80. The van der Waals surface area contributed by atoms with Gasteiger partial charge >= 0.3 is 6.18 Å². The fraction of sp³-hybridized carbons (Fsp3) is 1.00. The SMILES string of the molecule is NC1CN(CCC(F)(F)F)C1. The Morgan fingerprint density at radius 2 is 1.91 bits per heavy atom. The molecule has 0 radical (unpaired) electrons. The van der Waals surface area contributed by atoms with Crippen molar-refractivity contribution in [1.82, 2.24) is 4.90 Å². The molecule has 1 saturated heterocycles. The highest BCUT2D eigenvalue weighted by atomic mass is 19.4. The first-order chi connectivity index (χ1) is 4.97. The van der Waals surface area contributed by atoms with Gasteiger partial charge < -0.3 is 5.73 Å². The van der Waals surface area contributed by atoms with Crippen LogP contribution in [0, 0.1) is 0 Å². The van der Waals surface area contributed by atoms with Crippen molar-refractivity contribution in [2.24, 2.45) is 5.73 Å². The molecular weight excluding hydrogens is 157 g/mol. The second kappa shape index (κ2) is 2.98. The van der Waals surface area contributed by atoms with Gasteiger partial charge in [-0.15, -0.1) is 0 Å². The van der Waals surface area contributed by atoms with E-state index in [1.165, 1.54) is 0 Å². The van der Waals surface area contributed by atoms with Crippen LogP contribution in [0.1, 0.15) is 6.42 Å². The van der Waals surface area contributed by atoms with Crippen LogP contribution in [0.4, 0.5) is 13.2 Å². The normalized spacial score (nSPS) is 21.8. The molecule has 0 atom stereocenters. The number of likely N-dealkylation sites (tertiary alicyclic amines) is 1. The molecule has 1 aliphatic heterocycles. The van der Waals surface area contributed by atoms with E-state index in [1.54, 1.807) is 4.90 Å². The maximum absolute atomic E-state index is 11.6. The van der Waals surface area contributed by atoms with E-state index in [0.29, 0.717) is 13.1 Å². The second-order valence-electron chi connectivity index (χ2n) is 2.88. The molecule has 0 bridgehead atoms. The van der Waals surface area contributed by atoms with Gasteiger partial charge in [-0.3, -0.25) is 4.90 Å². The Hall–Kier alpha value is -0.290. The van der Waals surface area contributed by atoms with Gasteiger partial charge in [0, 0.05) is 25.7 Å². The van der Waals surface area contributed by atoms with Gasteiger partial charge in [-0.25, -0.2) is 0 Å². The third-order valence-electron chi connectivity index (χ3n) is 1.70. The number of hydrogen-bond acceptors (Lipinski definition) is 2. The summed E-state index contributed by atoms with van der Waals surface area (Å²) >= 11 is 0. The molecule has 0 aliphatic carbocycles. The Kier molecular flexibility index (Phi) is 2.39. The number of nitrogens with zero attached hydrogens (tertiary/aromatic N) is 1. The molecule has 5 heteroatoms. The summed E-state index contributed by atoms with van der Waals surface area (Å²) in [6, 6.07) is 0.0863. The van der Waals surface area contributed by atoms with Crippen LogP contribution >= 0.6 is 0 Å². The molecule has 2 N–H and O–H groups in total. The Morgan fingerprint density at radius 1 is 1.36 bits per heavy atom. The molecule has 66 valence electrons. The van der Waals surface area contributed by atoms with Crippen molar-refractivity contribution < 1.29 is 13.2 Å². The third kappa shape index (κ3) is 3.07. The summed E-state index contributed by atoms with van der Waals surface area (Å²) in [7, 11) is 0. The number of alkyl halides is 3. The molecule has 1 fully saturated rings. The van der Waals surface area contributed by atoms with Gasteiger partial charge in [0.2, 0.25) is 0 Å². The van der Waals surface area contributed by atoms with Crippen LogP contribution in [0.25, 0.3) is 0 Å². The van der Waals surface area contributed by atoms with E-state index in [1.807, 2.05) is 0 Å². The quantitative estimate of drug-likeness (QED) is 0.653. The third-order valence-corrected chi connectivity index (χ3v) is 1.70. The highest BCUT2D eigenvalue weighted by Gasteiger charge is 2.30. The minimum Gasteiger partial charge on any atom is -0.325 e. The summed E-state index contributed by atoms with van der Waals surface area (Å²) in [4.78, 5) is 1.71. The Balaban J connectivity index is 2.05. The van der Waals surface area contributed by atoms with Gasteiger partial charge in [0.1, 0.15) is 0 Å². The summed E-state index contributed by atoms with van der Waals surface area (Å²) in [6.07, 6.45) is -4.75. The molecule has 0 aromatic heterocycles. The van der Waals surface area contributed by atoms with Gasteiger partial charge in [0.25, 0.3) is 0 Å². The van der Waals surface area contributed by atoms with Gasteiger partial charge in [-0.1, -0.05) is 0 Å². The highest BCUT2D eigenvalue weighted by Crippen LogP contribution is 2.20. The van der Waals surface area contributed by atoms with Crippen molar-refractivity contribution in [1.29, 1.82) is 0 Å². The summed E-state index contributed by atoms with van der Waals surface area (Å²) in [5.74, 6) is 0. The molecule has 1 aliphatic rings. The zero-order valence-electron chi connectivity index (χ0n) is 6.06. The van der Waals surface area contributed by atoms with Crippen molar-refractivity contribution >= 4 is 0 Å². The zero-order valence-corrected chi connectivity index (χ0v) is 6.06. The summed E-state index contributed by atoms with van der Waals surface area (Å²) < 4.78 is 34.8. The highest BCUT2D eigenvalue weighted by molar-refractivity contribution is 4.82. The van der Waals surface area contributed by atoms with Crippen LogP contribution in [0.5, 0.6) is 0 Å². The van der Waals surface area contributed by atoms with Gasteiger partial charge in [-0.2, -0.15) is 13.2 Å². The van der Waals surface area contributed by atoms with Crippen LogP contribution in [-0.2, 0) is 0 Å². The predicted molar refractivity (Wildman–Crippen MR) is 35.1 cm³/mol. The molecule has 0 amide bonds. The van der Waals surface area contributed by atoms with Crippen molar-refractivity contribution in [3.05, 3.63) is 0 Å². The van der Waals surface area contributed by atoms with E-state index in [2.05, 4.69) is 0 Å². The average molecular weight is 168 g/mol. The molecule has 0 saturated carbocycles. The van der Waals surface area contributed by atoms with Crippen molar-refractivity contribution in [3.8, 4) is 0 Å². The minimum absolute atomic E-state index is 0.0863. The molecule has 1 heterocycles. The Labute approximate surface area is 63.2 Å². The molecule has 0 unspecified atom stereocenters. The predicted octanol–water partition coefficient (Wildman–Crippen LogP) is 0.582. The first-order valence-electron chi connectivity index (χ1n) is 3.52. The first-order valence-corrected chi connectivity index (χ1v) is 3.52. The molecule has 2 nitrogen and oxygen atoms in total. The van der Waals surface area contributed by atoms with Gasteiger partial charge in [-0.05, 0) is 0 Å². The lowest BCUT2D eigenvalue weighted by atomic mass is 10.1. The Morgan fingerprint density at radius 3 is 2.27 bits per heavy atom. The summed E-state index contributed by atoms with van der Waals surface area (Å²) in [5, 5.41) is 0. The maximum Gasteiger partial charge on any atom is 0.390 e. The average Bonchev–Trinajstić information content (AvgIpc) is 1.75. The van der Waals surface area contributed by atoms with Crippen LogP contribution in [0.15, 0.2) is 0 Å². The number of halogens is 3. The number of rotatable bonds is 2. The minimum atomic E-state index is -4.03. The van der Waals surface area contributed by atoms with Crippen LogP contribution in [-0.4, -0.2) is 36.8 Å². The largest absolute Gasteiger partial charge is 0.390 e. The van der Waals surface area contributed by atoms with E-state index in [9.17, 15) is 13.2 Å². The van der Waals surface area contributed by atoms with Crippen LogP contribution in [0.2, 0.25) is 0 Å². The lowest BCUT2D eigenvalue weighted by Crippen LogP contribution is -2.56. The van der Waals surface area contributed by atoms with Crippen LogP contribution < -0.4 is 5.73 Å². The second-order valence-corrected chi connectivity index (χ2v) is 2.88. The molecule has 1 rings (SSSR count). The maximum atomic E-state index is 11.6.